The normalized spacial score (nSPS) is 17.7. The molecule has 0 spiro atoms. The van der Waals surface area contributed by atoms with Crippen molar-refractivity contribution < 1.29 is 9.84 Å². The lowest BCUT2D eigenvalue weighted by molar-refractivity contribution is 0.116. The van der Waals surface area contributed by atoms with Crippen LogP contribution in [0.5, 0.6) is 5.75 Å². The fourth-order valence-electron chi connectivity index (χ4n) is 2.13. The van der Waals surface area contributed by atoms with Gasteiger partial charge in [0.25, 0.3) is 0 Å². The fourth-order valence-corrected chi connectivity index (χ4v) is 2.77. The predicted molar refractivity (Wildman–Crippen MR) is 73.5 cm³/mol. The van der Waals surface area contributed by atoms with E-state index in [1.54, 1.807) is 11.3 Å². The Bertz CT molecular complexity index is 585. The average molecular weight is 277 g/mol. The highest BCUT2D eigenvalue weighted by atomic mass is 32.1. The number of nitrogens with one attached hydrogen (secondary N) is 1. The maximum Gasteiger partial charge on any atom is 0.148 e. The zero-order valence-electron chi connectivity index (χ0n) is 10.6. The Morgan fingerprint density at radius 3 is 3.16 bits per heavy atom. The van der Waals surface area contributed by atoms with Gasteiger partial charge < -0.3 is 15.2 Å². The molecule has 0 radical (unpaired) electrons. The number of fused-ring (bicyclic) bond motifs is 1. The second-order valence-corrected chi connectivity index (χ2v) is 5.71. The minimum Gasteiger partial charge on any atom is -0.491 e. The molecule has 1 unspecified atom stereocenters. The summed E-state index contributed by atoms with van der Waals surface area (Å²) >= 11 is 1.57. The first-order valence-corrected chi connectivity index (χ1v) is 7.02. The molecule has 0 aliphatic carbocycles. The molecule has 0 saturated heterocycles. The minimum absolute atomic E-state index is 0.436. The van der Waals surface area contributed by atoms with E-state index in [4.69, 9.17) is 4.74 Å². The number of nitrogens with zero attached hydrogens (tertiary/aromatic N) is 2. The number of hydrogen-bond acceptors (Lipinski definition) is 6. The molecule has 0 bridgehead atoms. The lowest BCUT2D eigenvalue weighted by Crippen LogP contribution is -2.15. The molecule has 1 atom stereocenters. The molecule has 5 nitrogen and oxygen atoms in total. The molecule has 1 aromatic carbocycles. The zero-order chi connectivity index (χ0) is 13.2. The number of aryl methyl sites for hydroxylation is 1. The summed E-state index contributed by atoms with van der Waals surface area (Å²) in [4.78, 5) is 0. The van der Waals surface area contributed by atoms with Crippen molar-refractivity contribution in [1.82, 2.24) is 10.2 Å². The van der Waals surface area contributed by atoms with Crippen molar-refractivity contribution in [2.24, 2.45) is 0 Å². The van der Waals surface area contributed by atoms with Gasteiger partial charge in [-0.3, -0.25) is 0 Å². The van der Waals surface area contributed by atoms with Gasteiger partial charge in [-0.2, -0.15) is 0 Å². The van der Waals surface area contributed by atoms with Crippen LogP contribution in [-0.4, -0.2) is 21.9 Å². The Morgan fingerprint density at radius 2 is 2.37 bits per heavy atom. The van der Waals surface area contributed by atoms with Gasteiger partial charge in [0.2, 0.25) is 0 Å². The summed E-state index contributed by atoms with van der Waals surface area (Å²) in [7, 11) is 0. The van der Waals surface area contributed by atoms with Crippen molar-refractivity contribution in [3.8, 4) is 5.75 Å². The molecule has 2 aromatic rings. The molecule has 2 heterocycles. The van der Waals surface area contributed by atoms with Crippen LogP contribution < -0.4 is 10.1 Å². The number of aliphatic hydroxyl groups excluding tert-OH is 1. The molecule has 19 heavy (non-hydrogen) atoms. The van der Waals surface area contributed by atoms with Gasteiger partial charge in [0, 0.05) is 12.0 Å². The molecule has 1 aliphatic heterocycles. The van der Waals surface area contributed by atoms with E-state index in [0.717, 1.165) is 27.0 Å². The highest BCUT2D eigenvalue weighted by molar-refractivity contribution is 7.11. The molecule has 2 N–H and O–H groups in total. The summed E-state index contributed by atoms with van der Waals surface area (Å²) in [5.41, 5.74) is 1.74. The second-order valence-electron chi connectivity index (χ2n) is 4.45. The van der Waals surface area contributed by atoms with Crippen LogP contribution in [0.25, 0.3) is 0 Å². The van der Waals surface area contributed by atoms with E-state index >= 15 is 0 Å². The average Bonchev–Trinajstić information content (AvgIpc) is 2.83. The number of aromatic nitrogens is 2. The maximum absolute atomic E-state index is 9.95. The molecular formula is C13H15N3O2S. The lowest BCUT2D eigenvalue weighted by atomic mass is 10.0. The third-order valence-corrected chi connectivity index (χ3v) is 3.88. The van der Waals surface area contributed by atoms with Crippen LogP contribution in [0.15, 0.2) is 18.2 Å². The summed E-state index contributed by atoms with van der Waals surface area (Å²) < 4.78 is 5.66. The molecule has 0 saturated carbocycles. The van der Waals surface area contributed by atoms with Gasteiger partial charge in [0.1, 0.15) is 15.8 Å². The lowest BCUT2D eigenvalue weighted by Gasteiger charge is -2.24. The van der Waals surface area contributed by atoms with Gasteiger partial charge in [-0.05, 0) is 13.0 Å². The number of rotatable bonds is 3. The molecule has 100 valence electrons. The van der Waals surface area contributed by atoms with Crippen molar-refractivity contribution in [1.29, 1.82) is 0 Å². The third-order valence-electron chi connectivity index (χ3n) is 3.04. The van der Waals surface area contributed by atoms with Crippen molar-refractivity contribution in [2.75, 3.05) is 11.9 Å². The summed E-state index contributed by atoms with van der Waals surface area (Å²) in [6.07, 6.45) is 0.209. The molecular weight excluding hydrogens is 262 g/mol. The van der Waals surface area contributed by atoms with E-state index in [2.05, 4.69) is 15.5 Å². The van der Waals surface area contributed by atoms with Gasteiger partial charge in [0.05, 0.1) is 24.9 Å². The van der Waals surface area contributed by atoms with Crippen LogP contribution in [-0.2, 0) is 6.54 Å². The quantitative estimate of drug-likeness (QED) is 0.901. The van der Waals surface area contributed by atoms with E-state index < -0.39 is 6.10 Å². The molecule has 0 fully saturated rings. The molecule has 1 aliphatic rings. The monoisotopic (exact) mass is 277 g/mol. The van der Waals surface area contributed by atoms with Crippen molar-refractivity contribution in [2.45, 2.75) is 26.0 Å². The molecule has 1 aromatic heterocycles. The van der Waals surface area contributed by atoms with E-state index in [-0.39, 0.29) is 0 Å². The number of hydrogen-bond donors (Lipinski definition) is 2. The summed E-state index contributed by atoms with van der Waals surface area (Å²) in [5, 5.41) is 23.2. The number of aliphatic hydroxyl groups is 1. The van der Waals surface area contributed by atoms with Crippen LogP contribution in [0.2, 0.25) is 0 Å². The van der Waals surface area contributed by atoms with Gasteiger partial charge in [0.15, 0.2) is 0 Å². The van der Waals surface area contributed by atoms with Gasteiger partial charge >= 0.3 is 0 Å². The van der Waals surface area contributed by atoms with E-state index in [9.17, 15) is 5.11 Å². The smallest absolute Gasteiger partial charge is 0.148 e. The standard InChI is InChI=1S/C13H15N3O2S/c1-8-15-16-12(19-8)7-14-10-4-2-3-9-11(17)5-6-18-13(9)10/h2-4,11,14,17H,5-7H2,1H3. The van der Waals surface area contributed by atoms with Gasteiger partial charge in [-0.25, -0.2) is 0 Å². The van der Waals surface area contributed by atoms with E-state index in [1.165, 1.54) is 0 Å². The highest BCUT2D eigenvalue weighted by Gasteiger charge is 2.21. The van der Waals surface area contributed by atoms with Crippen LogP contribution in [0.1, 0.15) is 28.1 Å². The van der Waals surface area contributed by atoms with Crippen LogP contribution in [0.3, 0.4) is 0 Å². The van der Waals surface area contributed by atoms with E-state index in [0.29, 0.717) is 19.6 Å². The van der Waals surface area contributed by atoms with Crippen molar-refractivity contribution >= 4 is 17.0 Å². The number of para-hydroxylation sites is 1. The second kappa shape index (κ2) is 5.14. The third kappa shape index (κ3) is 2.54. The number of anilines is 1. The Balaban J connectivity index is 1.79. The maximum atomic E-state index is 9.95. The number of benzene rings is 1. The molecule has 3 rings (SSSR count). The highest BCUT2D eigenvalue weighted by Crippen LogP contribution is 2.37. The first-order chi connectivity index (χ1) is 9.24. The fraction of sp³-hybridized carbons (Fsp3) is 0.385. The Kier molecular flexibility index (Phi) is 3.35. The molecule has 0 amide bonds. The zero-order valence-corrected chi connectivity index (χ0v) is 11.4. The first-order valence-electron chi connectivity index (χ1n) is 6.20. The topological polar surface area (TPSA) is 67.3 Å². The van der Waals surface area contributed by atoms with Crippen LogP contribution >= 0.6 is 11.3 Å². The van der Waals surface area contributed by atoms with Crippen molar-refractivity contribution in [3.05, 3.63) is 33.8 Å². The van der Waals surface area contributed by atoms with Gasteiger partial charge in [-0.1, -0.05) is 23.5 Å². The summed E-state index contributed by atoms with van der Waals surface area (Å²) in [5.74, 6) is 0.752. The largest absolute Gasteiger partial charge is 0.491 e. The van der Waals surface area contributed by atoms with Gasteiger partial charge in [-0.15, -0.1) is 10.2 Å². The van der Waals surface area contributed by atoms with Crippen molar-refractivity contribution in [3.63, 3.8) is 0 Å². The van der Waals surface area contributed by atoms with Crippen LogP contribution in [0.4, 0.5) is 5.69 Å². The Labute approximate surface area is 115 Å². The first kappa shape index (κ1) is 12.4. The minimum atomic E-state index is -0.436. The Hall–Kier alpha value is -1.66. The summed E-state index contributed by atoms with van der Waals surface area (Å²) in [6, 6.07) is 5.77. The van der Waals surface area contributed by atoms with Crippen LogP contribution in [0, 0.1) is 6.92 Å². The molecule has 6 heteroatoms. The predicted octanol–water partition coefficient (Wildman–Crippen LogP) is 2.27. The number of ether oxygens (including phenoxy) is 1. The summed E-state index contributed by atoms with van der Waals surface area (Å²) in [6.45, 7) is 3.09. The Morgan fingerprint density at radius 1 is 1.47 bits per heavy atom. The van der Waals surface area contributed by atoms with E-state index in [1.807, 2.05) is 25.1 Å². The SMILES string of the molecule is Cc1nnc(CNc2cccc3c2OCCC3O)s1.